The number of hydrogen-bond acceptors (Lipinski definition) is 3. The van der Waals surface area contributed by atoms with E-state index in [2.05, 4.69) is 47.1 Å². The molecule has 2 amide bonds. The molecule has 0 atom stereocenters. The Morgan fingerprint density at radius 1 is 1.21 bits per heavy atom. The molecule has 3 rings (SSSR count). The zero-order valence-corrected chi connectivity index (χ0v) is 16.1. The average molecular weight is 374 g/mol. The Labute approximate surface area is 166 Å². The number of nitriles is 1. The molecule has 0 unspecified atom stereocenters. The summed E-state index contributed by atoms with van der Waals surface area (Å²) in [7, 11) is 0. The third-order valence-electron chi connectivity index (χ3n) is 5.01. The molecule has 0 radical (unpaired) electrons. The second-order valence-electron chi connectivity index (χ2n) is 7.03. The van der Waals surface area contributed by atoms with Crippen LogP contribution in [0.5, 0.6) is 0 Å². The van der Waals surface area contributed by atoms with Crippen molar-refractivity contribution < 1.29 is 4.79 Å². The molecule has 5 nitrogen and oxygen atoms in total. The minimum atomic E-state index is -0.0829. The number of para-hydroxylation sites is 1. The van der Waals surface area contributed by atoms with E-state index in [1.165, 1.54) is 5.69 Å². The Balaban J connectivity index is 1.55. The molecule has 0 spiro atoms. The van der Waals surface area contributed by atoms with Crippen LogP contribution in [-0.2, 0) is 6.54 Å². The number of amides is 2. The van der Waals surface area contributed by atoms with Gasteiger partial charge in [0.25, 0.3) is 0 Å². The number of hydrogen-bond donors (Lipinski definition) is 1. The van der Waals surface area contributed by atoms with E-state index in [1.807, 2.05) is 24.3 Å². The summed E-state index contributed by atoms with van der Waals surface area (Å²) in [6.45, 7) is 6.55. The van der Waals surface area contributed by atoms with Crippen LogP contribution in [0.1, 0.15) is 24.0 Å². The highest BCUT2D eigenvalue weighted by atomic mass is 16.2. The average Bonchev–Trinajstić information content (AvgIpc) is 2.75. The maximum Gasteiger partial charge on any atom is 0.318 e. The van der Waals surface area contributed by atoms with E-state index in [4.69, 9.17) is 5.26 Å². The Kier molecular flexibility index (Phi) is 6.69. The molecular formula is C23H26N4O. The van der Waals surface area contributed by atoms with Crippen LogP contribution >= 0.6 is 0 Å². The quantitative estimate of drug-likeness (QED) is 0.780. The molecule has 2 aromatic carbocycles. The van der Waals surface area contributed by atoms with Crippen LogP contribution in [-0.4, -0.2) is 36.6 Å². The maximum atomic E-state index is 12.8. The van der Waals surface area contributed by atoms with Crippen molar-refractivity contribution >= 4 is 11.7 Å². The van der Waals surface area contributed by atoms with Gasteiger partial charge in [-0.2, -0.15) is 5.26 Å². The number of carbonyl (C=O) groups is 1. The summed E-state index contributed by atoms with van der Waals surface area (Å²) in [5, 5.41) is 12.2. The first kappa shape index (κ1) is 19.5. The van der Waals surface area contributed by atoms with Crippen LogP contribution in [0.25, 0.3) is 0 Å². The van der Waals surface area contributed by atoms with Gasteiger partial charge in [-0.25, -0.2) is 4.79 Å². The van der Waals surface area contributed by atoms with Crippen molar-refractivity contribution in [3.05, 3.63) is 78.4 Å². The zero-order valence-electron chi connectivity index (χ0n) is 16.1. The number of piperidine rings is 1. The van der Waals surface area contributed by atoms with Gasteiger partial charge in [0.1, 0.15) is 0 Å². The first-order valence-corrected chi connectivity index (χ1v) is 9.65. The highest BCUT2D eigenvalue weighted by Gasteiger charge is 2.23. The first-order valence-electron chi connectivity index (χ1n) is 9.65. The molecule has 5 heteroatoms. The van der Waals surface area contributed by atoms with Gasteiger partial charge >= 0.3 is 6.03 Å². The van der Waals surface area contributed by atoms with Crippen LogP contribution in [0, 0.1) is 11.3 Å². The van der Waals surface area contributed by atoms with E-state index >= 15 is 0 Å². The summed E-state index contributed by atoms with van der Waals surface area (Å²) < 4.78 is 0. The first-order chi connectivity index (χ1) is 13.7. The lowest BCUT2D eigenvalue weighted by Gasteiger charge is -2.35. The van der Waals surface area contributed by atoms with Crippen molar-refractivity contribution in [2.24, 2.45) is 0 Å². The van der Waals surface area contributed by atoms with E-state index in [1.54, 1.807) is 17.0 Å². The molecule has 1 aliphatic heterocycles. The summed E-state index contributed by atoms with van der Waals surface area (Å²) in [5.41, 5.74) is 2.78. The van der Waals surface area contributed by atoms with Crippen LogP contribution in [0.4, 0.5) is 10.5 Å². The minimum absolute atomic E-state index is 0.0829. The van der Waals surface area contributed by atoms with E-state index in [9.17, 15) is 4.79 Å². The fourth-order valence-electron chi connectivity index (χ4n) is 3.52. The normalized spacial score (nSPS) is 14.2. The summed E-state index contributed by atoms with van der Waals surface area (Å²) in [6, 6.07) is 20.0. The summed E-state index contributed by atoms with van der Waals surface area (Å²) >= 11 is 0. The van der Waals surface area contributed by atoms with E-state index < -0.39 is 0 Å². The number of anilines is 1. The van der Waals surface area contributed by atoms with Crippen LogP contribution in [0.2, 0.25) is 0 Å². The topological polar surface area (TPSA) is 59.4 Å². The van der Waals surface area contributed by atoms with Gasteiger partial charge in [-0.15, -0.1) is 6.58 Å². The Bertz CT molecular complexity index is 835. The third kappa shape index (κ3) is 5.14. The molecule has 1 N–H and O–H groups in total. The maximum absolute atomic E-state index is 12.8. The number of carbonyl (C=O) groups excluding carboxylic acids is 1. The van der Waals surface area contributed by atoms with Crippen molar-refractivity contribution in [2.45, 2.75) is 25.4 Å². The number of urea groups is 1. The number of rotatable bonds is 6. The van der Waals surface area contributed by atoms with Crippen molar-refractivity contribution in [2.75, 3.05) is 24.5 Å². The Hall–Kier alpha value is -3.26. The lowest BCUT2D eigenvalue weighted by atomic mass is 10.0. The standard InChI is InChI=1S/C23H26N4O/c1-2-13-27(18-20-8-6-7-19(16-20)17-24)23(28)25-21-11-14-26(15-12-21)22-9-4-3-5-10-22/h2-10,16,21H,1,11-15,18H2,(H,25,28). The molecule has 0 bridgehead atoms. The van der Waals surface area contributed by atoms with Gasteiger partial charge in [-0.1, -0.05) is 36.4 Å². The Morgan fingerprint density at radius 3 is 2.64 bits per heavy atom. The molecular weight excluding hydrogens is 348 g/mol. The number of nitrogens with one attached hydrogen (secondary N) is 1. The van der Waals surface area contributed by atoms with Crippen molar-refractivity contribution in [1.82, 2.24) is 10.2 Å². The van der Waals surface area contributed by atoms with Crippen LogP contribution < -0.4 is 10.2 Å². The predicted molar refractivity (Wildman–Crippen MR) is 112 cm³/mol. The van der Waals surface area contributed by atoms with Gasteiger partial charge in [0, 0.05) is 37.9 Å². The molecule has 28 heavy (non-hydrogen) atoms. The van der Waals surface area contributed by atoms with Gasteiger partial charge in [0.05, 0.1) is 11.6 Å². The lowest BCUT2D eigenvalue weighted by molar-refractivity contribution is 0.194. The van der Waals surface area contributed by atoms with Crippen LogP contribution in [0.3, 0.4) is 0 Å². The molecule has 0 saturated carbocycles. The number of benzene rings is 2. The third-order valence-corrected chi connectivity index (χ3v) is 5.01. The van der Waals surface area contributed by atoms with Gasteiger partial charge in [-0.3, -0.25) is 0 Å². The molecule has 0 aliphatic carbocycles. The smallest absolute Gasteiger partial charge is 0.318 e. The van der Waals surface area contributed by atoms with Crippen molar-refractivity contribution in [3.63, 3.8) is 0 Å². The summed E-state index contributed by atoms with van der Waals surface area (Å²) in [6.07, 6.45) is 3.57. The van der Waals surface area contributed by atoms with Crippen LogP contribution in [0.15, 0.2) is 67.3 Å². The molecule has 1 heterocycles. The minimum Gasteiger partial charge on any atom is -0.371 e. The molecule has 1 aliphatic rings. The Morgan fingerprint density at radius 2 is 1.96 bits per heavy atom. The molecule has 1 saturated heterocycles. The number of nitrogens with zero attached hydrogens (tertiary/aromatic N) is 3. The molecule has 0 aromatic heterocycles. The van der Waals surface area contributed by atoms with E-state index in [0.29, 0.717) is 18.7 Å². The molecule has 2 aromatic rings. The lowest BCUT2D eigenvalue weighted by Crippen LogP contribution is -2.49. The van der Waals surface area contributed by atoms with E-state index in [0.717, 1.165) is 31.5 Å². The summed E-state index contributed by atoms with van der Waals surface area (Å²) in [5.74, 6) is 0. The molecule has 1 fully saturated rings. The fraction of sp³-hybridized carbons (Fsp3) is 0.304. The zero-order chi connectivity index (χ0) is 19.8. The van der Waals surface area contributed by atoms with Crippen molar-refractivity contribution in [1.29, 1.82) is 5.26 Å². The van der Waals surface area contributed by atoms with E-state index in [-0.39, 0.29) is 12.1 Å². The largest absolute Gasteiger partial charge is 0.371 e. The van der Waals surface area contributed by atoms with Gasteiger partial charge < -0.3 is 15.1 Å². The summed E-state index contributed by atoms with van der Waals surface area (Å²) in [4.78, 5) is 16.9. The second-order valence-corrected chi connectivity index (χ2v) is 7.03. The highest BCUT2D eigenvalue weighted by molar-refractivity contribution is 5.74. The van der Waals surface area contributed by atoms with Gasteiger partial charge in [0.15, 0.2) is 0 Å². The predicted octanol–water partition coefficient (Wildman–Crippen LogP) is 3.92. The molecule has 144 valence electrons. The SMILES string of the molecule is C=CCN(Cc1cccc(C#N)c1)C(=O)NC1CCN(c2ccccc2)CC1. The monoisotopic (exact) mass is 374 g/mol. The highest BCUT2D eigenvalue weighted by Crippen LogP contribution is 2.19. The van der Waals surface area contributed by atoms with Gasteiger partial charge in [-0.05, 0) is 42.7 Å². The van der Waals surface area contributed by atoms with Crippen molar-refractivity contribution in [3.8, 4) is 6.07 Å². The van der Waals surface area contributed by atoms with Gasteiger partial charge in [0.2, 0.25) is 0 Å². The second kappa shape index (κ2) is 9.61. The fourth-order valence-corrected chi connectivity index (χ4v) is 3.52.